The largest absolute Gasteiger partial charge is 0.457 e. The molecule has 0 bridgehead atoms. The first-order chi connectivity index (χ1) is 23.2. The summed E-state index contributed by atoms with van der Waals surface area (Å²) in [6.45, 7) is 0.214. The second kappa shape index (κ2) is 12.5. The molecule has 2 nitrogen and oxygen atoms in total. The van der Waals surface area contributed by atoms with E-state index in [4.69, 9.17) is 4.74 Å². The van der Waals surface area contributed by atoms with Crippen molar-refractivity contribution in [2.24, 2.45) is 0 Å². The molecule has 0 heterocycles. The first-order valence-corrected chi connectivity index (χ1v) is 16.8. The third-order valence-electron chi connectivity index (χ3n) is 8.86. The lowest BCUT2D eigenvalue weighted by atomic mass is 9.85. The molecule has 0 saturated heterocycles. The standard InChI is InChI=1S/C44H29IO2/c45-41-27-32-18-8-7-17-31(32)25-40(41)39-26-33(23-24-38(39)44(46)47-28-29-13-3-1-4-14-29)43-36-21-11-9-19-34(36)42(30-15-5-2-6-16-30)35-20-10-12-22-37(35)43/h1-27H,28H2. The molecule has 224 valence electrons. The molecule has 0 saturated carbocycles. The van der Waals surface area contributed by atoms with E-state index in [0.29, 0.717) is 5.56 Å². The van der Waals surface area contributed by atoms with Crippen LogP contribution in [0.25, 0.3) is 65.7 Å². The van der Waals surface area contributed by atoms with Gasteiger partial charge in [0.1, 0.15) is 6.61 Å². The monoisotopic (exact) mass is 716 g/mol. The number of hydrogen-bond acceptors (Lipinski definition) is 2. The summed E-state index contributed by atoms with van der Waals surface area (Å²) in [4.78, 5) is 13.8. The van der Waals surface area contributed by atoms with E-state index in [1.807, 2.05) is 36.4 Å². The first kappa shape index (κ1) is 29.2. The SMILES string of the molecule is O=C(OCc1ccccc1)c1ccc(-c2c3ccccc3c(-c3ccccc3)c3ccccc23)cc1-c1cc2ccccc2cc1I. The molecule has 0 aliphatic rings. The van der Waals surface area contributed by atoms with Gasteiger partial charge < -0.3 is 4.74 Å². The van der Waals surface area contributed by atoms with Gasteiger partial charge in [-0.05, 0) is 118 Å². The second-order valence-electron chi connectivity index (χ2n) is 11.7. The van der Waals surface area contributed by atoms with Gasteiger partial charge in [-0.25, -0.2) is 4.79 Å². The summed E-state index contributed by atoms with van der Waals surface area (Å²) in [5.41, 5.74) is 7.99. The van der Waals surface area contributed by atoms with Gasteiger partial charge >= 0.3 is 5.97 Å². The van der Waals surface area contributed by atoms with E-state index in [1.54, 1.807) is 0 Å². The normalized spacial score (nSPS) is 11.3. The summed E-state index contributed by atoms with van der Waals surface area (Å²) in [5.74, 6) is -0.339. The predicted octanol–water partition coefficient (Wildman–Crippen LogP) is 12.1. The van der Waals surface area contributed by atoms with Crippen molar-refractivity contribution in [3.63, 3.8) is 0 Å². The van der Waals surface area contributed by atoms with Crippen LogP contribution in [0.5, 0.6) is 0 Å². The highest BCUT2D eigenvalue weighted by atomic mass is 127. The van der Waals surface area contributed by atoms with Gasteiger partial charge in [-0.15, -0.1) is 0 Å². The molecule has 8 aromatic carbocycles. The fourth-order valence-electron chi connectivity index (χ4n) is 6.68. The fraction of sp³-hybridized carbons (Fsp3) is 0.0227. The van der Waals surface area contributed by atoms with Crippen molar-refractivity contribution in [2.75, 3.05) is 0 Å². The quantitative estimate of drug-likeness (QED) is 0.0973. The van der Waals surface area contributed by atoms with Crippen molar-refractivity contribution in [3.05, 3.63) is 178 Å². The molecule has 3 heteroatoms. The van der Waals surface area contributed by atoms with E-state index in [0.717, 1.165) is 36.8 Å². The van der Waals surface area contributed by atoms with Crippen LogP contribution >= 0.6 is 22.6 Å². The Morgan fingerprint density at radius 1 is 0.489 bits per heavy atom. The van der Waals surface area contributed by atoms with E-state index in [-0.39, 0.29) is 12.6 Å². The molecule has 47 heavy (non-hydrogen) atoms. The molecule has 0 spiro atoms. The molecular weight excluding hydrogens is 687 g/mol. The summed E-state index contributed by atoms with van der Waals surface area (Å²) in [6, 6.07) is 56.7. The lowest BCUT2D eigenvalue weighted by Crippen LogP contribution is -2.08. The van der Waals surface area contributed by atoms with Crippen molar-refractivity contribution in [2.45, 2.75) is 6.61 Å². The van der Waals surface area contributed by atoms with Crippen LogP contribution in [-0.2, 0) is 11.3 Å². The number of esters is 1. The molecule has 0 unspecified atom stereocenters. The molecule has 0 aromatic heterocycles. The minimum absolute atomic E-state index is 0.214. The number of ether oxygens (including phenoxy) is 1. The molecule has 0 fully saturated rings. The van der Waals surface area contributed by atoms with Gasteiger partial charge in [-0.3, -0.25) is 0 Å². The molecule has 0 radical (unpaired) electrons. The smallest absolute Gasteiger partial charge is 0.339 e. The Labute approximate surface area is 287 Å². The molecule has 0 N–H and O–H groups in total. The van der Waals surface area contributed by atoms with Crippen molar-refractivity contribution in [3.8, 4) is 33.4 Å². The van der Waals surface area contributed by atoms with E-state index >= 15 is 0 Å². The van der Waals surface area contributed by atoms with E-state index in [2.05, 4.69) is 150 Å². The Morgan fingerprint density at radius 2 is 1.00 bits per heavy atom. The topological polar surface area (TPSA) is 26.3 Å². The van der Waals surface area contributed by atoms with Crippen molar-refractivity contribution >= 4 is 60.9 Å². The molecule has 8 rings (SSSR count). The summed E-state index contributed by atoms with van der Waals surface area (Å²) in [7, 11) is 0. The molecule has 0 aliphatic heterocycles. The highest BCUT2D eigenvalue weighted by Gasteiger charge is 2.21. The fourth-order valence-corrected chi connectivity index (χ4v) is 7.46. The maximum atomic E-state index is 13.8. The number of fused-ring (bicyclic) bond motifs is 3. The van der Waals surface area contributed by atoms with Crippen LogP contribution in [0, 0.1) is 3.57 Å². The molecular formula is C44H29IO2. The summed E-state index contributed by atoms with van der Waals surface area (Å²) in [5, 5.41) is 7.02. The highest BCUT2D eigenvalue weighted by Crippen LogP contribution is 2.45. The van der Waals surface area contributed by atoms with Crippen LogP contribution in [0.1, 0.15) is 15.9 Å². The number of carbonyl (C=O) groups is 1. The van der Waals surface area contributed by atoms with E-state index in [1.165, 1.54) is 38.1 Å². The summed E-state index contributed by atoms with van der Waals surface area (Å²) < 4.78 is 6.99. The third kappa shape index (κ3) is 5.47. The van der Waals surface area contributed by atoms with Gasteiger partial charge in [0.25, 0.3) is 0 Å². The summed E-state index contributed by atoms with van der Waals surface area (Å²) in [6.07, 6.45) is 0. The zero-order valence-electron chi connectivity index (χ0n) is 25.5. The predicted molar refractivity (Wildman–Crippen MR) is 204 cm³/mol. The van der Waals surface area contributed by atoms with Crippen LogP contribution in [0.3, 0.4) is 0 Å². The first-order valence-electron chi connectivity index (χ1n) is 15.7. The molecule has 0 atom stereocenters. The molecule has 8 aromatic rings. The van der Waals surface area contributed by atoms with E-state index in [9.17, 15) is 4.79 Å². The maximum Gasteiger partial charge on any atom is 0.339 e. The zero-order valence-corrected chi connectivity index (χ0v) is 27.6. The average Bonchev–Trinajstić information content (AvgIpc) is 3.13. The number of carbonyl (C=O) groups excluding carboxylic acids is 1. The van der Waals surface area contributed by atoms with Gasteiger partial charge in [0.15, 0.2) is 0 Å². The van der Waals surface area contributed by atoms with Crippen molar-refractivity contribution < 1.29 is 9.53 Å². The zero-order chi connectivity index (χ0) is 31.7. The van der Waals surface area contributed by atoms with Crippen LogP contribution in [0.4, 0.5) is 0 Å². The number of benzene rings is 8. The van der Waals surface area contributed by atoms with Gasteiger partial charge in [-0.1, -0.05) is 140 Å². The van der Waals surface area contributed by atoms with Gasteiger partial charge in [0.2, 0.25) is 0 Å². The van der Waals surface area contributed by atoms with Crippen LogP contribution in [0.15, 0.2) is 164 Å². The Hall–Kier alpha value is -5.26. The Morgan fingerprint density at radius 3 is 1.62 bits per heavy atom. The molecule has 0 amide bonds. The van der Waals surface area contributed by atoms with Gasteiger partial charge in [0.05, 0.1) is 5.56 Å². The Bertz CT molecular complexity index is 2370. The van der Waals surface area contributed by atoms with Crippen molar-refractivity contribution in [1.82, 2.24) is 0 Å². The molecule has 0 aliphatic carbocycles. The van der Waals surface area contributed by atoms with Crippen LogP contribution in [0.2, 0.25) is 0 Å². The lowest BCUT2D eigenvalue weighted by molar-refractivity contribution is 0.0473. The van der Waals surface area contributed by atoms with Gasteiger partial charge in [0, 0.05) is 3.57 Å². The van der Waals surface area contributed by atoms with E-state index < -0.39 is 0 Å². The minimum Gasteiger partial charge on any atom is -0.457 e. The van der Waals surface area contributed by atoms with Crippen molar-refractivity contribution in [1.29, 1.82) is 0 Å². The number of hydrogen-bond donors (Lipinski definition) is 0. The Kier molecular flexibility index (Phi) is 7.76. The maximum absolute atomic E-state index is 13.8. The van der Waals surface area contributed by atoms with Crippen LogP contribution in [-0.4, -0.2) is 5.97 Å². The Balaban J connectivity index is 1.37. The van der Waals surface area contributed by atoms with Gasteiger partial charge in [-0.2, -0.15) is 0 Å². The lowest BCUT2D eigenvalue weighted by Gasteiger charge is -2.19. The highest BCUT2D eigenvalue weighted by molar-refractivity contribution is 14.1. The summed E-state index contributed by atoms with van der Waals surface area (Å²) >= 11 is 2.40. The third-order valence-corrected chi connectivity index (χ3v) is 9.75. The second-order valence-corrected chi connectivity index (χ2v) is 12.9. The van der Waals surface area contributed by atoms with Crippen LogP contribution < -0.4 is 0 Å². The number of halogens is 1. The minimum atomic E-state index is -0.339. The average molecular weight is 717 g/mol. The number of rotatable bonds is 6.